The van der Waals surface area contributed by atoms with Crippen molar-refractivity contribution < 1.29 is 5.11 Å². The summed E-state index contributed by atoms with van der Waals surface area (Å²) in [6.07, 6.45) is 0. The summed E-state index contributed by atoms with van der Waals surface area (Å²) < 4.78 is 0. The number of halogens is 1. The molecule has 0 aromatic heterocycles. The van der Waals surface area contributed by atoms with E-state index in [1.807, 2.05) is 31.2 Å². The van der Waals surface area contributed by atoms with Gasteiger partial charge in [-0.2, -0.15) is 0 Å². The molecule has 0 saturated carbocycles. The average molecular weight is 214 g/mol. The van der Waals surface area contributed by atoms with Gasteiger partial charge in [0.25, 0.3) is 0 Å². The van der Waals surface area contributed by atoms with Gasteiger partial charge < -0.3 is 10.4 Å². The Balaban J connectivity index is 2.70. The molecule has 0 saturated heterocycles. The Hall–Kier alpha value is -0.730. The molecule has 1 aromatic carbocycles. The van der Waals surface area contributed by atoms with Gasteiger partial charge in [0.05, 0.1) is 11.6 Å². The molecular formula is C11H16ClNO. The second-order valence-corrected chi connectivity index (χ2v) is 4.47. The van der Waals surface area contributed by atoms with Crippen molar-refractivity contribution in [1.82, 2.24) is 0 Å². The van der Waals surface area contributed by atoms with Crippen LogP contribution < -0.4 is 5.32 Å². The fourth-order valence-corrected chi connectivity index (χ4v) is 1.20. The lowest BCUT2D eigenvalue weighted by Crippen LogP contribution is -2.39. The van der Waals surface area contributed by atoms with Crippen molar-refractivity contribution in [2.75, 3.05) is 5.32 Å². The number of hydrogen-bond acceptors (Lipinski definition) is 2. The van der Waals surface area contributed by atoms with Gasteiger partial charge in [-0.15, -0.1) is 0 Å². The van der Waals surface area contributed by atoms with E-state index in [2.05, 4.69) is 5.32 Å². The minimum Gasteiger partial charge on any atom is -0.388 e. The van der Waals surface area contributed by atoms with Crippen LogP contribution in [0.1, 0.15) is 20.8 Å². The SMILES string of the molecule is CC(Nc1cccc(Cl)c1)C(C)(C)O. The molecule has 0 aliphatic carbocycles. The molecule has 78 valence electrons. The first-order chi connectivity index (χ1) is 6.39. The number of rotatable bonds is 3. The predicted octanol–water partition coefficient (Wildman–Crippen LogP) is 2.91. The lowest BCUT2D eigenvalue weighted by atomic mass is 10.0. The molecule has 0 aliphatic rings. The van der Waals surface area contributed by atoms with E-state index in [4.69, 9.17) is 11.6 Å². The lowest BCUT2D eigenvalue weighted by Gasteiger charge is -2.27. The summed E-state index contributed by atoms with van der Waals surface area (Å²) >= 11 is 5.84. The van der Waals surface area contributed by atoms with E-state index in [1.54, 1.807) is 13.8 Å². The molecular weight excluding hydrogens is 198 g/mol. The summed E-state index contributed by atoms with van der Waals surface area (Å²) in [4.78, 5) is 0. The number of hydrogen-bond donors (Lipinski definition) is 2. The van der Waals surface area contributed by atoms with Crippen LogP contribution in [0.25, 0.3) is 0 Å². The zero-order valence-electron chi connectivity index (χ0n) is 8.71. The van der Waals surface area contributed by atoms with Crippen LogP contribution in [0.15, 0.2) is 24.3 Å². The summed E-state index contributed by atoms with van der Waals surface area (Å²) in [5.41, 5.74) is 0.176. The van der Waals surface area contributed by atoms with Crippen LogP contribution in [0, 0.1) is 0 Å². The number of anilines is 1. The monoisotopic (exact) mass is 213 g/mol. The molecule has 0 aliphatic heterocycles. The molecule has 1 rings (SSSR count). The maximum atomic E-state index is 9.72. The van der Waals surface area contributed by atoms with E-state index >= 15 is 0 Å². The Bertz CT molecular complexity index is 306. The quantitative estimate of drug-likeness (QED) is 0.809. The van der Waals surface area contributed by atoms with Gasteiger partial charge in [-0.25, -0.2) is 0 Å². The maximum absolute atomic E-state index is 9.72. The molecule has 0 spiro atoms. The largest absolute Gasteiger partial charge is 0.388 e. The third-order valence-electron chi connectivity index (χ3n) is 2.27. The Morgan fingerprint density at radius 1 is 1.43 bits per heavy atom. The summed E-state index contributed by atoms with van der Waals surface area (Å²) in [5, 5.41) is 13.6. The Morgan fingerprint density at radius 2 is 2.07 bits per heavy atom. The maximum Gasteiger partial charge on any atom is 0.0789 e. The Labute approximate surface area is 89.9 Å². The van der Waals surface area contributed by atoms with Crippen LogP contribution in [0.3, 0.4) is 0 Å². The zero-order valence-corrected chi connectivity index (χ0v) is 9.47. The summed E-state index contributed by atoms with van der Waals surface area (Å²) in [5.74, 6) is 0. The molecule has 0 amide bonds. The van der Waals surface area contributed by atoms with E-state index < -0.39 is 5.60 Å². The highest BCUT2D eigenvalue weighted by Crippen LogP contribution is 2.18. The van der Waals surface area contributed by atoms with Crippen molar-refractivity contribution in [1.29, 1.82) is 0 Å². The number of benzene rings is 1. The van der Waals surface area contributed by atoms with Gasteiger partial charge in [-0.3, -0.25) is 0 Å². The lowest BCUT2D eigenvalue weighted by molar-refractivity contribution is 0.0649. The number of aliphatic hydroxyl groups is 1. The summed E-state index contributed by atoms with van der Waals surface area (Å²) in [6, 6.07) is 7.43. The van der Waals surface area contributed by atoms with Crippen LogP contribution in [0.4, 0.5) is 5.69 Å². The normalized spacial score (nSPS) is 13.8. The highest BCUT2D eigenvalue weighted by molar-refractivity contribution is 6.30. The van der Waals surface area contributed by atoms with Gasteiger partial charge in [-0.05, 0) is 39.0 Å². The Morgan fingerprint density at radius 3 is 2.57 bits per heavy atom. The number of nitrogens with one attached hydrogen (secondary N) is 1. The Kier molecular flexibility index (Phi) is 3.40. The topological polar surface area (TPSA) is 32.3 Å². The molecule has 0 fully saturated rings. The molecule has 0 heterocycles. The van der Waals surface area contributed by atoms with Crippen LogP contribution in [0.5, 0.6) is 0 Å². The van der Waals surface area contributed by atoms with Crippen molar-refractivity contribution in [3.63, 3.8) is 0 Å². The van der Waals surface area contributed by atoms with Gasteiger partial charge in [0.15, 0.2) is 0 Å². The standard InChI is InChI=1S/C11H16ClNO/c1-8(11(2,3)14)13-10-6-4-5-9(12)7-10/h4-8,13-14H,1-3H3. The fraction of sp³-hybridized carbons (Fsp3) is 0.455. The minimum atomic E-state index is -0.748. The third-order valence-corrected chi connectivity index (χ3v) is 2.50. The van der Waals surface area contributed by atoms with E-state index in [1.165, 1.54) is 0 Å². The van der Waals surface area contributed by atoms with E-state index in [0.29, 0.717) is 5.02 Å². The predicted molar refractivity (Wildman–Crippen MR) is 60.8 cm³/mol. The van der Waals surface area contributed by atoms with E-state index in [0.717, 1.165) is 5.69 Å². The highest BCUT2D eigenvalue weighted by Gasteiger charge is 2.21. The van der Waals surface area contributed by atoms with Gasteiger partial charge in [0, 0.05) is 10.7 Å². The molecule has 14 heavy (non-hydrogen) atoms. The second kappa shape index (κ2) is 4.20. The highest BCUT2D eigenvalue weighted by atomic mass is 35.5. The fourth-order valence-electron chi connectivity index (χ4n) is 1.00. The molecule has 3 heteroatoms. The molecule has 2 nitrogen and oxygen atoms in total. The molecule has 2 N–H and O–H groups in total. The van der Waals surface area contributed by atoms with Gasteiger partial charge in [-0.1, -0.05) is 17.7 Å². The van der Waals surface area contributed by atoms with Gasteiger partial charge in [0.1, 0.15) is 0 Å². The first-order valence-corrected chi connectivity index (χ1v) is 5.02. The van der Waals surface area contributed by atoms with Crippen molar-refractivity contribution >= 4 is 17.3 Å². The van der Waals surface area contributed by atoms with E-state index in [-0.39, 0.29) is 6.04 Å². The first kappa shape index (κ1) is 11.3. The van der Waals surface area contributed by atoms with Crippen molar-refractivity contribution in [3.8, 4) is 0 Å². The van der Waals surface area contributed by atoms with Gasteiger partial charge >= 0.3 is 0 Å². The van der Waals surface area contributed by atoms with Crippen LogP contribution in [-0.2, 0) is 0 Å². The van der Waals surface area contributed by atoms with Crippen LogP contribution in [0.2, 0.25) is 5.02 Å². The summed E-state index contributed by atoms with van der Waals surface area (Å²) in [6.45, 7) is 5.48. The molecule has 0 bridgehead atoms. The molecule has 1 atom stereocenters. The average Bonchev–Trinajstić information content (AvgIpc) is 2.02. The van der Waals surface area contributed by atoms with Crippen LogP contribution >= 0.6 is 11.6 Å². The van der Waals surface area contributed by atoms with Crippen molar-refractivity contribution in [2.45, 2.75) is 32.4 Å². The second-order valence-electron chi connectivity index (χ2n) is 4.03. The zero-order chi connectivity index (χ0) is 10.8. The molecule has 1 unspecified atom stereocenters. The minimum absolute atomic E-state index is 0.0269. The van der Waals surface area contributed by atoms with Crippen LogP contribution in [-0.4, -0.2) is 16.7 Å². The third kappa shape index (κ3) is 3.20. The first-order valence-electron chi connectivity index (χ1n) is 4.64. The molecule has 0 radical (unpaired) electrons. The van der Waals surface area contributed by atoms with Gasteiger partial charge in [0.2, 0.25) is 0 Å². The van der Waals surface area contributed by atoms with Crippen molar-refractivity contribution in [3.05, 3.63) is 29.3 Å². The van der Waals surface area contributed by atoms with Crippen molar-refractivity contribution in [2.24, 2.45) is 0 Å². The molecule has 1 aromatic rings. The summed E-state index contributed by atoms with van der Waals surface area (Å²) in [7, 11) is 0. The van der Waals surface area contributed by atoms with E-state index in [9.17, 15) is 5.11 Å². The smallest absolute Gasteiger partial charge is 0.0789 e.